The van der Waals surface area contributed by atoms with Gasteiger partial charge in [-0.2, -0.15) is 0 Å². The number of carboxylic acids is 1. The zero-order valence-corrected chi connectivity index (χ0v) is 18.0. The quantitative estimate of drug-likeness (QED) is 0.258. The monoisotopic (exact) mass is 446 g/mol. The number of carboxylic acid groups (broad SMARTS) is 1. The Labute approximate surface area is 175 Å². The van der Waals surface area contributed by atoms with Gasteiger partial charge >= 0.3 is 0 Å². The summed E-state index contributed by atoms with van der Waals surface area (Å²) in [6.07, 6.45) is 0. The van der Waals surface area contributed by atoms with Crippen molar-refractivity contribution in [1.82, 2.24) is 9.97 Å². The van der Waals surface area contributed by atoms with Gasteiger partial charge in [-0.1, -0.05) is 24.3 Å². The van der Waals surface area contributed by atoms with Crippen LogP contribution in [0.2, 0.25) is 0 Å². The van der Waals surface area contributed by atoms with Crippen LogP contribution in [-0.4, -0.2) is 21.0 Å². The first-order valence-electron chi connectivity index (χ1n) is 7.45. The van der Waals surface area contributed by atoms with Crippen molar-refractivity contribution >= 4 is 61.3 Å². The number of H-pyrrole nitrogens is 1. The Morgan fingerprint density at radius 1 is 1.12 bits per heavy atom. The second-order valence-corrected chi connectivity index (χ2v) is 7.80. The first kappa shape index (κ1) is 22.5. The molecule has 0 saturated carbocycles. The minimum Gasteiger partial charge on any atom is -0.481 e. The molecule has 4 nitrogen and oxygen atoms in total. The van der Waals surface area contributed by atoms with Gasteiger partial charge in [-0.05, 0) is 49.3 Å². The molecule has 0 bridgehead atoms. The molecule has 0 aliphatic heterocycles. The fourth-order valence-corrected chi connectivity index (χ4v) is 4.07. The van der Waals surface area contributed by atoms with E-state index < -0.39 is 5.97 Å². The summed E-state index contributed by atoms with van der Waals surface area (Å²) in [7, 11) is 0. The van der Waals surface area contributed by atoms with Gasteiger partial charge in [0.2, 0.25) is 0 Å². The minimum atomic E-state index is -0.833. The zero-order valence-electron chi connectivity index (χ0n) is 14.4. The molecule has 2 aromatic heterocycles. The molecule has 8 heteroatoms. The standard InChI is InChI=1S/C8H7NS2.C8H7NS.C2H4O2.Fe/c1-5-3-2-4-6-7(5)11-8(10)9-6;1-6-3-2-4-7-8(6)10-5-9-7;1-2(3)4;/h2-4H,1H3,(H,9,10);2-5H,1H3;1H3,(H,3,4);. The van der Waals surface area contributed by atoms with Crippen LogP contribution in [0.5, 0.6) is 0 Å². The van der Waals surface area contributed by atoms with Gasteiger partial charge in [-0.25, -0.2) is 4.98 Å². The van der Waals surface area contributed by atoms with Gasteiger partial charge in [0.25, 0.3) is 5.97 Å². The Morgan fingerprint density at radius 3 is 2.27 bits per heavy atom. The Hall–Kier alpha value is -1.57. The number of nitrogens with zero attached hydrogens (tertiary/aromatic N) is 1. The predicted octanol–water partition coefficient (Wildman–Crippen LogP) is 5.96. The fourth-order valence-electron chi connectivity index (χ4n) is 2.14. The maximum absolute atomic E-state index is 9.00. The molecule has 2 heterocycles. The number of aliphatic carboxylic acids is 1. The molecule has 2 N–H and O–H groups in total. The molecule has 0 atom stereocenters. The molecule has 0 saturated heterocycles. The van der Waals surface area contributed by atoms with E-state index >= 15 is 0 Å². The Kier molecular flexibility index (Phi) is 9.12. The van der Waals surface area contributed by atoms with E-state index in [-0.39, 0.29) is 17.1 Å². The predicted molar refractivity (Wildman–Crippen MR) is 109 cm³/mol. The molecule has 26 heavy (non-hydrogen) atoms. The second-order valence-electron chi connectivity index (χ2n) is 5.26. The van der Waals surface area contributed by atoms with Gasteiger partial charge in [0.05, 0.1) is 25.9 Å². The van der Waals surface area contributed by atoms with Crippen molar-refractivity contribution in [2.45, 2.75) is 20.8 Å². The van der Waals surface area contributed by atoms with Gasteiger partial charge in [-0.15, -0.1) is 22.7 Å². The SMILES string of the molecule is CC(=O)O.Cc1cccc2[nH]c(=S)sc12.Cc1cccc2ncsc12.[Fe]. The van der Waals surface area contributed by atoms with Crippen LogP contribution in [0.1, 0.15) is 18.1 Å². The van der Waals surface area contributed by atoms with Crippen molar-refractivity contribution in [2.75, 3.05) is 0 Å². The van der Waals surface area contributed by atoms with Crippen LogP contribution in [0, 0.1) is 17.8 Å². The maximum Gasteiger partial charge on any atom is 0.300 e. The summed E-state index contributed by atoms with van der Waals surface area (Å²) in [6, 6.07) is 12.4. The van der Waals surface area contributed by atoms with Crippen LogP contribution in [0.3, 0.4) is 0 Å². The molecule has 0 fully saturated rings. The van der Waals surface area contributed by atoms with E-state index in [1.165, 1.54) is 20.5 Å². The molecular weight excluding hydrogens is 428 g/mol. The summed E-state index contributed by atoms with van der Waals surface area (Å²) in [5, 5.41) is 7.42. The number of hydrogen-bond donors (Lipinski definition) is 2. The average molecular weight is 446 g/mol. The van der Waals surface area contributed by atoms with Crippen molar-refractivity contribution in [1.29, 1.82) is 0 Å². The smallest absolute Gasteiger partial charge is 0.300 e. The Balaban J connectivity index is 0.000000211. The van der Waals surface area contributed by atoms with Crippen LogP contribution in [0.25, 0.3) is 20.4 Å². The number of benzene rings is 2. The first-order chi connectivity index (χ1) is 11.9. The Bertz CT molecular complexity index is 1050. The maximum atomic E-state index is 9.00. The molecule has 4 rings (SSSR count). The third-order valence-electron chi connectivity index (χ3n) is 3.20. The second kappa shape index (κ2) is 10.5. The van der Waals surface area contributed by atoms with Crippen molar-refractivity contribution in [3.8, 4) is 0 Å². The summed E-state index contributed by atoms with van der Waals surface area (Å²) in [5.41, 5.74) is 6.77. The van der Waals surface area contributed by atoms with E-state index in [0.717, 1.165) is 21.9 Å². The number of carbonyl (C=O) groups is 1. The summed E-state index contributed by atoms with van der Waals surface area (Å²) in [4.78, 5) is 16.3. The largest absolute Gasteiger partial charge is 0.481 e. The van der Waals surface area contributed by atoms with Gasteiger partial charge < -0.3 is 10.1 Å². The van der Waals surface area contributed by atoms with E-state index in [9.17, 15) is 0 Å². The average Bonchev–Trinajstić information content (AvgIpc) is 3.14. The van der Waals surface area contributed by atoms with Crippen LogP contribution in [0.4, 0.5) is 0 Å². The molecule has 0 unspecified atom stereocenters. The first-order valence-corrected chi connectivity index (χ1v) is 9.55. The van der Waals surface area contributed by atoms with Gasteiger partial charge in [0.15, 0.2) is 3.95 Å². The van der Waals surface area contributed by atoms with Crippen molar-refractivity contribution in [3.63, 3.8) is 0 Å². The van der Waals surface area contributed by atoms with Gasteiger partial charge in [0, 0.05) is 24.0 Å². The van der Waals surface area contributed by atoms with E-state index in [2.05, 4.69) is 42.0 Å². The summed E-state index contributed by atoms with van der Waals surface area (Å²) in [5.74, 6) is -0.833. The third-order valence-corrected chi connectivity index (χ3v) is 5.56. The number of aryl methyl sites for hydroxylation is 2. The summed E-state index contributed by atoms with van der Waals surface area (Å²) in [6.45, 7) is 5.29. The molecule has 2 aromatic carbocycles. The molecule has 0 aliphatic carbocycles. The van der Waals surface area contributed by atoms with Crippen molar-refractivity contribution in [3.05, 3.63) is 57.0 Å². The summed E-state index contributed by atoms with van der Waals surface area (Å²) < 4.78 is 3.44. The van der Waals surface area contributed by atoms with E-state index in [1.54, 1.807) is 22.7 Å². The Morgan fingerprint density at radius 2 is 1.69 bits per heavy atom. The number of thiazole rings is 2. The van der Waals surface area contributed by atoms with Crippen molar-refractivity contribution < 1.29 is 27.0 Å². The number of rotatable bonds is 0. The zero-order chi connectivity index (χ0) is 18.4. The van der Waals surface area contributed by atoms with Crippen LogP contribution in [0.15, 0.2) is 41.9 Å². The van der Waals surface area contributed by atoms with E-state index in [0.29, 0.717) is 0 Å². The van der Waals surface area contributed by atoms with Crippen LogP contribution >= 0.6 is 34.9 Å². The normalized spacial score (nSPS) is 9.50. The molecule has 0 spiro atoms. The van der Waals surface area contributed by atoms with Crippen LogP contribution in [-0.2, 0) is 21.9 Å². The third kappa shape index (κ3) is 6.30. The van der Waals surface area contributed by atoms with Gasteiger partial charge in [0.1, 0.15) is 0 Å². The molecular formula is C18H18FeN2O2S3. The number of aromatic nitrogens is 2. The number of hydrogen-bond acceptors (Lipinski definition) is 5. The van der Waals surface area contributed by atoms with E-state index in [4.69, 9.17) is 22.1 Å². The fraction of sp³-hybridized carbons (Fsp3) is 0.167. The molecule has 0 aliphatic rings. The summed E-state index contributed by atoms with van der Waals surface area (Å²) >= 11 is 8.38. The molecule has 0 radical (unpaired) electrons. The van der Waals surface area contributed by atoms with Gasteiger partial charge in [-0.3, -0.25) is 4.79 Å². The topological polar surface area (TPSA) is 66.0 Å². The molecule has 0 amide bonds. The van der Waals surface area contributed by atoms with E-state index in [1.807, 2.05) is 23.7 Å². The number of fused-ring (bicyclic) bond motifs is 2. The molecule has 138 valence electrons. The van der Waals surface area contributed by atoms with Crippen molar-refractivity contribution in [2.24, 2.45) is 0 Å². The van der Waals surface area contributed by atoms with Crippen LogP contribution < -0.4 is 0 Å². The minimum absolute atomic E-state index is 0. The molecule has 4 aromatic rings. The number of nitrogens with one attached hydrogen (secondary N) is 1. The number of aromatic amines is 1.